The van der Waals surface area contributed by atoms with Crippen LogP contribution >= 0.6 is 0 Å². The lowest BCUT2D eigenvalue weighted by atomic mass is 10.2. The highest BCUT2D eigenvalue weighted by Gasteiger charge is 2.08. The summed E-state index contributed by atoms with van der Waals surface area (Å²) in [7, 11) is 0. The van der Waals surface area contributed by atoms with Gasteiger partial charge in [0.05, 0.1) is 23.2 Å². The van der Waals surface area contributed by atoms with Crippen LogP contribution in [0.5, 0.6) is 5.75 Å². The molecule has 0 aliphatic heterocycles. The molecule has 2 aromatic carbocycles. The molecule has 0 spiro atoms. The number of carboxylic acid groups (broad SMARTS) is 1. The lowest BCUT2D eigenvalue weighted by Gasteiger charge is -2.10. The third-order valence-electron chi connectivity index (χ3n) is 3.93. The first-order chi connectivity index (χ1) is 11.7. The Bertz CT molecular complexity index is 855. The Labute approximate surface area is 140 Å². The minimum atomic E-state index is -0.946. The summed E-state index contributed by atoms with van der Waals surface area (Å²) in [5, 5.41) is 9.00. The third kappa shape index (κ3) is 3.40. The molecule has 24 heavy (non-hydrogen) atoms. The summed E-state index contributed by atoms with van der Waals surface area (Å²) >= 11 is 0. The largest absolute Gasteiger partial charge is 0.494 e. The molecule has 0 atom stereocenters. The first-order valence-electron chi connectivity index (χ1n) is 8.09. The number of fused-ring (bicyclic) bond motifs is 1. The van der Waals surface area contributed by atoms with Gasteiger partial charge in [-0.05, 0) is 36.8 Å². The maximum atomic E-state index is 11.0. The van der Waals surface area contributed by atoms with Gasteiger partial charge < -0.3 is 14.4 Å². The number of benzene rings is 2. The monoisotopic (exact) mass is 324 g/mol. The number of nitrogens with zero attached hydrogens (tertiary/aromatic N) is 2. The zero-order valence-corrected chi connectivity index (χ0v) is 13.6. The first-order valence-corrected chi connectivity index (χ1v) is 8.09. The highest BCUT2D eigenvalue weighted by atomic mass is 16.5. The summed E-state index contributed by atoms with van der Waals surface area (Å²) in [6.45, 7) is 3.45. The zero-order chi connectivity index (χ0) is 16.9. The van der Waals surface area contributed by atoms with E-state index < -0.39 is 5.97 Å². The Hall–Kier alpha value is -2.82. The van der Waals surface area contributed by atoms with E-state index in [1.54, 1.807) is 24.3 Å². The fourth-order valence-electron chi connectivity index (χ4n) is 2.78. The predicted molar refractivity (Wildman–Crippen MR) is 92.6 cm³/mol. The van der Waals surface area contributed by atoms with E-state index in [1.807, 2.05) is 18.2 Å². The Morgan fingerprint density at radius 1 is 1.21 bits per heavy atom. The van der Waals surface area contributed by atoms with E-state index in [4.69, 9.17) is 9.84 Å². The van der Waals surface area contributed by atoms with Crippen molar-refractivity contribution in [3.8, 4) is 5.75 Å². The highest BCUT2D eigenvalue weighted by Crippen LogP contribution is 2.18. The number of hydrogen-bond donors (Lipinski definition) is 1. The van der Waals surface area contributed by atoms with Crippen molar-refractivity contribution in [2.75, 3.05) is 6.61 Å². The van der Waals surface area contributed by atoms with Gasteiger partial charge in [-0.3, -0.25) is 0 Å². The zero-order valence-electron chi connectivity index (χ0n) is 13.6. The van der Waals surface area contributed by atoms with Crippen LogP contribution in [0.15, 0.2) is 48.5 Å². The van der Waals surface area contributed by atoms with Crippen molar-refractivity contribution in [2.45, 2.75) is 26.3 Å². The molecule has 0 bridgehead atoms. The van der Waals surface area contributed by atoms with Crippen LogP contribution < -0.4 is 4.74 Å². The number of aromatic nitrogens is 2. The Morgan fingerprint density at radius 2 is 2.04 bits per heavy atom. The van der Waals surface area contributed by atoms with Crippen LogP contribution in [0.3, 0.4) is 0 Å². The molecule has 3 aromatic rings. The lowest BCUT2D eigenvalue weighted by Crippen LogP contribution is -2.07. The fourth-order valence-corrected chi connectivity index (χ4v) is 2.78. The van der Waals surface area contributed by atoms with Crippen LogP contribution in [0.1, 0.15) is 29.5 Å². The molecule has 0 radical (unpaired) electrons. The molecule has 0 aliphatic rings. The molecule has 0 amide bonds. The number of imidazole rings is 1. The summed E-state index contributed by atoms with van der Waals surface area (Å²) in [4.78, 5) is 15.6. The number of carboxylic acids is 1. The first kappa shape index (κ1) is 16.1. The molecule has 5 heteroatoms. The van der Waals surface area contributed by atoms with Gasteiger partial charge in [-0.1, -0.05) is 25.1 Å². The van der Waals surface area contributed by atoms with Crippen molar-refractivity contribution in [3.05, 3.63) is 59.9 Å². The van der Waals surface area contributed by atoms with Crippen molar-refractivity contribution in [1.29, 1.82) is 0 Å². The molecule has 1 heterocycles. The van der Waals surface area contributed by atoms with E-state index in [-0.39, 0.29) is 5.56 Å². The van der Waals surface area contributed by atoms with Gasteiger partial charge in [0.15, 0.2) is 0 Å². The average molecular weight is 324 g/mol. The van der Waals surface area contributed by atoms with E-state index >= 15 is 0 Å². The minimum Gasteiger partial charge on any atom is -0.494 e. The summed E-state index contributed by atoms with van der Waals surface area (Å²) in [6, 6.07) is 14.7. The Morgan fingerprint density at radius 3 is 2.83 bits per heavy atom. The smallest absolute Gasteiger partial charge is 0.335 e. The average Bonchev–Trinajstić information content (AvgIpc) is 2.97. The second-order valence-corrected chi connectivity index (χ2v) is 5.56. The topological polar surface area (TPSA) is 64.4 Å². The number of aromatic carboxylic acids is 1. The lowest BCUT2D eigenvalue weighted by molar-refractivity contribution is 0.0696. The van der Waals surface area contributed by atoms with Gasteiger partial charge in [0, 0.05) is 13.0 Å². The van der Waals surface area contributed by atoms with Gasteiger partial charge in [-0.2, -0.15) is 0 Å². The van der Waals surface area contributed by atoms with Crippen molar-refractivity contribution in [3.63, 3.8) is 0 Å². The van der Waals surface area contributed by atoms with Crippen LogP contribution in [0.25, 0.3) is 11.0 Å². The van der Waals surface area contributed by atoms with E-state index in [0.29, 0.717) is 12.4 Å². The molecule has 0 unspecified atom stereocenters. The van der Waals surface area contributed by atoms with Crippen molar-refractivity contribution >= 4 is 17.0 Å². The molecule has 5 nitrogen and oxygen atoms in total. The fraction of sp³-hybridized carbons (Fsp3) is 0.263. The van der Waals surface area contributed by atoms with Crippen molar-refractivity contribution in [2.24, 2.45) is 0 Å². The number of carbonyl (C=O) groups is 1. The second kappa shape index (κ2) is 7.17. The predicted octanol–water partition coefficient (Wildman–Crippen LogP) is 3.77. The van der Waals surface area contributed by atoms with Gasteiger partial charge in [0.2, 0.25) is 0 Å². The molecule has 0 saturated heterocycles. The normalized spacial score (nSPS) is 10.9. The van der Waals surface area contributed by atoms with Crippen LogP contribution in [0.2, 0.25) is 0 Å². The third-order valence-corrected chi connectivity index (χ3v) is 3.93. The summed E-state index contributed by atoms with van der Waals surface area (Å²) in [5.74, 6) is 0.711. The SMILES string of the molecule is CCc1nc2ccccc2n1CCCOc1cccc(C(=O)O)c1. The van der Waals surface area contributed by atoms with Gasteiger partial charge in [0.1, 0.15) is 11.6 Å². The molecule has 124 valence electrons. The number of aryl methyl sites for hydroxylation is 2. The van der Waals surface area contributed by atoms with Crippen LogP contribution in [-0.2, 0) is 13.0 Å². The van der Waals surface area contributed by atoms with Crippen LogP contribution in [0, 0.1) is 0 Å². The maximum Gasteiger partial charge on any atom is 0.335 e. The molecule has 3 rings (SSSR count). The van der Waals surface area contributed by atoms with E-state index in [2.05, 4.69) is 22.5 Å². The number of para-hydroxylation sites is 2. The van der Waals surface area contributed by atoms with Crippen molar-refractivity contribution < 1.29 is 14.6 Å². The summed E-state index contributed by atoms with van der Waals surface area (Å²) in [5.41, 5.74) is 2.40. The quantitative estimate of drug-likeness (QED) is 0.672. The van der Waals surface area contributed by atoms with E-state index in [1.165, 1.54) is 0 Å². The summed E-state index contributed by atoms with van der Waals surface area (Å²) in [6.07, 6.45) is 1.71. The number of hydrogen-bond acceptors (Lipinski definition) is 3. The van der Waals surface area contributed by atoms with Crippen LogP contribution in [0.4, 0.5) is 0 Å². The molecule has 1 aromatic heterocycles. The van der Waals surface area contributed by atoms with E-state index in [0.717, 1.165) is 36.2 Å². The molecule has 0 fully saturated rings. The molecule has 0 saturated carbocycles. The van der Waals surface area contributed by atoms with E-state index in [9.17, 15) is 4.79 Å². The Kier molecular flexibility index (Phi) is 4.79. The number of rotatable bonds is 7. The van der Waals surface area contributed by atoms with Gasteiger partial charge in [-0.25, -0.2) is 9.78 Å². The molecular weight excluding hydrogens is 304 g/mol. The number of ether oxygens (including phenoxy) is 1. The molecule has 0 aliphatic carbocycles. The summed E-state index contributed by atoms with van der Waals surface area (Å²) < 4.78 is 7.91. The second-order valence-electron chi connectivity index (χ2n) is 5.56. The maximum absolute atomic E-state index is 11.0. The van der Waals surface area contributed by atoms with Crippen molar-refractivity contribution in [1.82, 2.24) is 9.55 Å². The minimum absolute atomic E-state index is 0.237. The van der Waals surface area contributed by atoms with Gasteiger partial charge in [-0.15, -0.1) is 0 Å². The molecule has 1 N–H and O–H groups in total. The Balaban J connectivity index is 1.63. The highest BCUT2D eigenvalue weighted by molar-refractivity contribution is 5.88. The molecular formula is C19H20N2O3. The van der Waals surface area contributed by atoms with Gasteiger partial charge >= 0.3 is 5.97 Å². The van der Waals surface area contributed by atoms with Gasteiger partial charge in [0.25, 0.3) is 0 Å². The van der Waals surface area contributed by atoms with Crippen LogP contribution in [-0.4, -0.2) is 27.2 Å². The standard InChI is InChI=1S/C19H20N2O3/c1-2-18-20-16-9-3-4-10-17(16)21(18)11-6-12-24-15-8-5-7-14(13-15)19(22)23/h3-5,7-10,13H,2,6,11-12H2,1H3,(H,22,23).